The molecular weight excluding hydrogens is 314 g/mol. The average molecular weight is 330 g/mol. The number of hydrogen-bond donors (Lipinski definition) is 0. The highest BCUT2D eigenvalue weighted by atomic mass is 35.7. The molecule has 0 saturated carbocycles. The monoisotopic (exact) mass is 329 g/mol. The van der Waals surface area contributed by atoms with Gasteiger partial charge in [0.15, 0.2) is 0 Å². The van der Waals surface area contributed by atoms with Gasteiger partial charge in [-0.05, 0) is 43.0 Å². The third kappa shape index (κ3) is 3.01. The first-order valence-corrected chi connectivity index (χ1v) is 9.25. The van der Waals surface area contributed by atoms with E-state index in [1.807, 2.05) is 4.90 Å². The van der Waals surface area contributed by atoms with Gasteiger partial charge in [0, 0.05) is 23.8 Å². The summed E-state index contributed by atoms with van der Waals surface area (Å²) in [4.78, 5) is 14.3. The molecule has 1 atom stereocenters. The maximum absolute atomic E-state index is 12.4. The van der Waals surface area contributed by atoms with Crippen LogP contribution < -0.4 is 4.74 Å². The zero-order valence-corrected chi connectivity index (χ0v) is 13.0. The lowest BCUT2D eigenvalue weighted by atomic mass is 9.95. The van der Waals surface area contributed by atoms with Gasteiger partial charge in [-0.2, -0.15) is 0 Å². The Morgan fingerprint density at radius 3 is 2.67 bits per heavy atom. The third-order valence-electron chi connectivity index (χ3n) is 3.99. The molecule has 114 valence electrons. The first-order valence-electron chi connectivity index (χ1n) is 6.94. The first-order chi connectivity index (χ1) is 9.95. The average Bonchev–Trinajstić information content (AvgIpc) is 2.98. The Morgan fingerprint density at radius 1 is 1.29 bits per heavy atom. The second-order valence-corrected chi connectivity index (χ2v) is 8.02. The van der Waals surface area contributed by atoms with Crippen molar-refractivity contribution in [3.8, 4) is 5.75 Å². The van der Waals surface area contributed by atoms with E-state index in [2.05, 4.69) is 0 Å². The van der Waals surface area contributed by atoms with Crippen LogP contribution >= 0.6 is 10.7 Å². The number of hydrogen-bond acceptors (Lipinski definition) is 4. The van der Waals surface area contributed by atoms with Crippen molar-refractivity contribution in [3.63, 3.8) is 0 Å². The van der Waals surface area contributed by atoms with Crippen molar-refractivity contribution in [2.24, 2.45) is 5.92 Å². The number of rotatable bonds is 2. The van der Waals surface area contributed by atoms with Crippen molar-refractivity contribution in [2.75, 3.05) is 19.7 Å². The molecule has 2 heterocycles. The maximum atomic E-state index is 12.4. The van der Waals surface area contributed by atoms with Crippen LogP contribution in [0.5, 0.6) is 5.75 Å². The molecule has 3 rings (SSSR count). The molecule has 0 spiro atoms. The molecular formula is C14H16ClNO4S. The first kappa shape index (κ1) is 14.7. The summed E-state index contributed by atoms with van der Waals surface area (Å²) < 4.78 is 28.4. The van der Waals surface area contributed by atoms with Gasteiger partial charge in [-0.25, -0.2) is 8.42 Å². The van der Waals surface area contributed by atoms with Gasteiger partial charge in [-0.1, -0.05) is 0 Å². The summed E-state index contributed by atoms with van der Waals surface area (Å²) in [5.41, 5.74) is 0.723. The molecule has 1 aromatic carbocycles. The molecule has 1 amide bonds. The Kier molecular flexibility index (Phi) is 3.84. The summed E-state index contributed by atoms with van der Waals surface area (Å²) in [6, 6.07) is 4.52. The van der Waals surface area contributed by atoms with E-state index in [-0.39, 0.29) is 16.7 Å². The van der Waals surface area contributed by atoms with Gasteiger partial charge in [-0.15, -0.1) is 0 Å². The Balaban J connectivity index is 1.82. The SMILES string of the molecule is O=C(C1COc2ccc(S(=O)(=O)Cl)cc2C1)N1CCCC1. The minimum Gasteiger partial charge on any atom is -0.492 e. The molecule has 2 aliphatic rings. The molecule has 7 heteroatoms. The fourth-order valence-electron chi connectivity index (χ4n) is 2.88. The van der Waals surface area contributed by atoms with Gasteiger partial charge >= 0.3 is 0 Å². The highest BCUT2D eigenvalue weighted by molar-refractivity contribution is 8.13. The summed E-state index contributed by atoms with van der Waals surface area (Å²) in [7, 11) is 1.59. The van der Waals surface area contributed by atoms with Gasteiger partial charge in [0.2, 0.25) is 5.91 Å². The largest absolute Gasteiger partial charge is 0.492 e. The van der Waals surface area contributed by atoms with E-state index in [4.69, 9.17) is 15.4 Å². The lowest BCUT2D eigenvalue weighted by Gasteiger charge is -2.28. The zero-order chi connectivity index (χ0) is 15.0. The number of carbonyl (C=O) groups excluding carboxylic acids is 1. The fraction of sp³-hybridized carbons (Fsp3) is 0.500. The second-order valence-electron chi connectivity index (χ2n) is 5.45. The van der Waals surface area contributed by atoms with Crippen LogP contribution in [0.4, 0.5) is 0 Å². The van der Waals surface area contributed by atoms with Crippen LogP contribution in [-0.4, -0.2) is 38.9 Å². The van der Waals surface area contributed by atoms with Gasteiger partial charge in [0.1, 0.15) is 12.4 Å². The lowest BCUT2D eigenvalue weighted by molar-refractivity contribution is -0.135. The zero-order valence-electron chi connectivity index (χ0n) is 11.4. The summed E-state index contributed by atoms with van der Waals surface area (Å²) in [6.45, 7) is 1.95. The van der Waals surface area contributed by atoms with Crippen LogP contribution in [0.2, 0.25) is 0 Å². The van der Waals surface area contributed by atoms with E-state index in [1.54, 1.807) is 6.07 Å². The van der Waals surface area contributed by atoms with Crippen LogP contribution in [-0.2, 0) is 20.3 Å². The highest BCUT2D eigenvalue weighted by Crippen LogP contribution is 2.31. The highest BCUT2D eigenvalue weighted by Gasteiger charge is 2.31. The second kappa shape index (κ2) is 5.50. The molecule has 0 radical (unpaired) electrons. The number of likely N-dealkylation sites (tertiary alicyclic amines) is 1. The number of amides is 1. The summed E-state index contributed by atoms with van der Waals surface area (Å²) in [5.74, 6) is 0.478. The molecule has 0 aromatic heterocycles. The number of benzene rings is 1. The van der Waals surface area contributed by atoms with Crippen molar-refractivity contribution in [2.45, 2.75) is 24.2 Å². The normalized spacial score (nSPS) is 21.8. The van der Waals surface area contributed by atoms with E-state index >= 15 is 0 Å². The van der Waals surface area contributed by atoms with Crippen LogP contribution in [0.1, 0.15) is 18.4 Å². The minimum absolute atomic E-state index is 0.0424. The number of carbonyl (C=O) groups is 1. The van der Waals surface area contributed by atoms with E-state index in [1.165, 1.54) is 12.1 Å². The molecule has 0 N–H and O–H groups in total. The van der Waals surface area contributed by atoms with Crippen LogP contribution in [0.15, 0.2) is 23.1 Å². The van der Waals surface area contributed by atoms with E-state index < -0.39 is 9.05 Å². The fourth-order valence-corrected chi connectivity index (χ4v) is 3.68. The number of nitrogens with zero attached hydrogens (tertiary/aromatic N) is 1. The molecule has 1 fully saturated rings. The number of fused-ring (bicyclic) bond motifs is 1. The summed E-state index contributed by atoms with van der Waals surface area (Å²) in [5, 5.41) is 0. The van der Waals surface area contributed by atoms with Crippen molar-refractivity contribution in [1.29, 1.82) is 0 Å². The number of ether oxygens (including phenoxy) is 1. The van der Waals surface area contributed by atoms with Crippen LogP contribution in [0.3, 0.4) is 0 Å². The van der Waals surface area contributed by atoms with Crippen LogP contribution in [0.25, 0.3) is 0 Å². The Bertz CT molecular complexity index is 668. The standard InChI is InChI=1S/C14H16ClNO4S/c15-21(18,19)12-3-4-13-10(8-12)7-11(9-20-13)14(17)16-5-1-2-6-16/h3-4,8,11H,1-2,5-7,9H2. The number of halogens is 1. The third-order valence-corrected chi connectivity index (χ3v) is 5.34. The smallest absolute Gasteiger partial charge is 0.261 e. The molecule has 1 unspecified atom stereocenters. The van der Waals surface area contributed by atoms with Gasteiger partial charge in [0.05, 0.1) is 10.8 Å². The molecule has 1 aromatic rings. The Labute approximate surface area is 128 Å². The van der Waals surface area contributed by atoms with Gasteiger partial charge in [-0.3, -0.25) is 4.79 Å². The molecule has 21 heavy (non-hydrogen) atoms. The molecule has 1 saturated heterocycles. The Morgan fingerprint density at radius 2 is 2.00 bits per heavy atom. The lowest BCUT2D eigenvalue weighted by Crippen LogP contribution is -2.39. The van der Waals surface area contributed by atoms with E-state index in [9.17, 15) is 13.2 Å². The van der Waals surface area contributed by atoms with E-state index in [0.717, 1.165) is 31.5 Å². The van der Waals surface area contributed by atoms with Gasteiger partial charge < -0.3 is 9.64 Å². The quantitative estimate of drug-likeness (QED) is 0.776. The molecule has 2 aliphatic heterocycles. The predicted octanol–water partition coefficient (Wildman–Crippen LogP) is 1.79. The van der Waals surface area contributed by atoms with E-state index in [0.29, 0.717) is 18.8 Å². The Hall–Kier alpha value is -1.27. The van der Waals surface area contributed by atoms with Crippen molar-refractivity contribution in [3.05, 3.63) is 23.8 Å². The summed E-state index contributed by atoms with van der Waals surface area (Å²) >= 11 is 0. The molecule has 0 aliphatic carbocycles. The summed E-state index contributed by atoms with van der Waals surface area (Å²) in [6.07, 6.45) is 2.58. The van der Waals surface area contributed by atoms with Crippen molar-refractivity contribution < 1.29 is 17.9 Å². The van der Waals surface area contributed by atoms with Crippen LogP contribution in [0, 0.1) is 5.92 Å². The van der Waals surface area contributed by atoms with Crippen molar-refractivity contribution >= 4 is 25.6 Å². The maximum Gasteiger partial charge on any atom is 0.261 e. The minimum atomic E-state index is -3.77. The predicted molar refractivity (Wildman–Crippen MR) is 78.0 cm³/mol. The topological polar surface area (TPSA) is 63.7 Å². The molecule has 0 bridgehead atoms. The molecule has 5 nitrogen and oxygen atoms in total. The van der Waals surface area contributed by atoms with Gasteiger partial charge in [0.25, 0.3) is 9.05 Å². The van der Waals surface area contributed by atoms with Crippen molar-refractivity contribution in [1.82, 2.24) is 4.90 Å².